The van der Waals surface area contributed by atoms with Crippen molar-refractivity contribution in [1.29, 1.82) is 0 Å². The molecule has 0 aliphatic carbocycles. The molecule has 0 radical (unpaired) electrons. The molecule has 0 saturated carbocycles. The number of alkyl halides is 3. The van der Waals surface area contributed by atoms with Crippen LogP contribution in [-0.4, -0.2) is 41.0 Å². The fourth-order valence-electron chi connectivity index (χ4n) is 4.51. The first kappa shape index (κ1) is 27.0. The first-order chi connectivity index (χ1) is 17.5. The Kier molecular flexibility index (Phi) is 7.85. The molecular weight excluding hydrogens is 526 g/mol. The van der Waals surface area contributed by atoms with Crippen LogP contribution in [0.1, 0.15) is 36.7 Å². The predicted octanol–water partition coefficient (Wildman–Crippen LogP) is 6.47. The summed E-state index contributed by atoms with van der Waals surface area (Å²) in [6, 6.07) is 12.8. The third-order valence-corrected chi connectivity index (χ3v) is 7.06. The first-order valence-electron chi connectivity index (χ1n) is 11.8. The summed E-state index contributed by atoms with van der Waals surface area (Å²) >= 11 is 12.3. The molecule has 1 N–H and O–H groups in total. The number of hydrogen-bond acceptors (Lipinski definition) is 4. The van der Waals surface area contributed by atoms with E-state index in [1.165, 1.54) is 0 Å². The lowest BCUT2D eigenvalue weighted by Gasteiger charge is -2.32. The van der Waals surface area contributed by atoms with Crippen LogP contribution in [0.4, 0.5) is 24.7 Å². The third-order valence-electron chi connectivity index (χ3n) is 6.32. The summed E-state index contributed by atoms with van der Waals surface area (Å²) < 4.78 is 41.5. The Morgan fingerprint density at radius 1 is 1.11 bits per heavy atom. The molecular formula is C26H26Cl2F3N5O. The number of carbonyl (C=O) groups is 1. The minimum absolute atomic E-state index is 0.0153. The molecule has 11 heteroatoms. The van der Waals surface area contributed by atoms with E-state index >= 15 is 0 Å². The van der Waals surface area contributed by atoms with Gasteiger partial charge in [0.2, 0.25) is 5.91 Å². The second-order valence-corrected chi connectivity index (χ2v) is 9.70. The number of anilines is 1. The van der Waals surface area contributed by atoms with Gasteiger partial charge < -0.3 is 10.2 Å². The van der Waals surface area contributed by atoms with Crippen molar-refractivity contribution in [2.24, 2.45) is 10.9 Å². The van der Waals surface area contributed by atoms with E-state index in [0.29, 0.717) is 29.4 Å². The van der Waals surface area contributed by atoms with Gasteiger partial charge in [0.15, 0.2) is 11.5 Å². The van der Waals surface area contributed by atoms with E-state index < -0.39 is 23.8 Å². The lowest BCUT2D eigenvalue weighted by Crippen LogP contribution is -2.44. The number of amides is 1. The van der Waals surface area contributed by atoms with Crippen LogP contribution in [0.15, 0.2) is 53.5 Å². The number of aryl methyl sites for hydroxylation is 1. The first-order valence-corrected chi connectivity index (χ1v) is 12.5. The van der Waals surface area contributed by atoms with Gasteiger partial charge in [0.05, 0.1) is 16.1 Å². The summed E-state index contributed by atoms with van der Waals surface area (Å²) in [5, 5.41) is 7.24. The number of aromatic nitrogens is 2. The van der Waals surface area contributed by atoms with Gasteiger partial charge in [0, 0.05) is 37.1 Å². The average molecular weight is 552 g/mol. The van der Waals surface area contributed by atoms with Crippen LogP contribution >= 0.6 is 23.2 Å². The number of aliphatic imine (C=N–C) groups is 1. The van der Waals surface area contributed by atoms with E-state index in [2.05, 4.69) is 26.4 Å². The van der Waals surface area contributed by atoms with Crippen molar-refractivity contribution in [3.8, 4) is 0 Å². The fraction of sp³-hybridized carbons (Fsp3) is 0.346. The maximum Gasteiger partial charge on any atom is 0.435 e. The van der Waals surface area contributed by atoms with Crippen LogP contribution in [0.2, 0.25) is 10.0 Å². The van der Waals surface area contributed by atoms with Gasteiger partial charge in [0.25, 0.3) is 0 Å². The van der Waals surface area contributed by atoms with Gasteiger partial charge in [-0.3, -0.25) is 4.79 Å². The smallest absolute Gasteiger partial charge is 0.370 e. The molecule has 0 spiro atoms. The van der Waals surface area contributed by atoms with E-state index in [-0.39, 0.29) is 16.7 Å². The van der Waals surface area contributed by atoms with Crippen molar-refractivity contribution in [2.45, 2.75) is 33.0 Å². The Labute approximate surface area is 223 Å². The topological polar surface area (TPSA) is 62.5 Å². The number of nitrogens with zero attached hydrogens (tertiary/aromatic N) is 4. The molecule has 0 fully saturated rings. The van der Waals surface area contributed by atoms with Crippen LogP contribution in [-0.2, 0) is 11.0 Å². The van der Waals surface area contributed by atoms with Gasteiger partial charge >= 0.3 is 6.18 Å². The van der Waals surface area contributed by atoms with Gasteiger partial charge in [-0.2, -0.15) is 18.3 Å². The van der Waals surface area contributed by atoms with E-state index in [0.717, 1.165) is 28.5 Å². The third kappa shape index (κ3) is 5.78. The van der Waals surface area contributed by atoms with E-state index in [9.17, 15) is 18.0 Å². The van der Waals surface area contributed by atoms with Crippen molar-refractivity contribution < 1.29 is 18.0 Å². The molecule has 1 amide bonds. The summed E-state index contributed by atoms with van der Waals surface area (Å²) in [4.78, 5) is 19.9. The minimum atomic E-state index is -4.66. The lowest BCUT2D eigenvalue weighted by atomic mass is 9.87. The maximum absolute atomic E-state index is 13.5. The van der Waals surface area contributed by atoms with Crippen molar-refractivity contribution in [1.82, 2.24) is 15.1 Å². The molecule has 4 rings (SSSR count). The number of hydrogen-bond donors (Lipinski definition) is 1. The van der Waals surface area contributed by atoms with Gasteiger partial charge in [-0.1, -0.05) is 41.4 Å². The quantitative estimate of drug-likeness (QED) is 0.366. The molecule has 2 atom stereocenters. The molecule has 2 unspecified atom stereocenters. The zero-order valence-electron chi connectivity index (χ0n) is 20.5. The summed E-state index contributed by atoms with van der Waals surface area (Å²) in [6.45, 7) is 7.30. The Morgan fingerprint density at radius 3 is 2.51 bits per heavy atom. The number of likely N-dealkylation sites (N-methyl/N-ethyl adjacent to an activating group) is 1. The van der Waals surface area contributed by atoms with Gasteiger partial charge in [-0.05, 0) is 56.2 Å². The zero-order chi connectivity index (χ0) is 26.9. The van der Waals surface area contributed by atoms with Crippen molar-refractivity contribution >= 4 is 46.3 Å². The average Bonchev–Trinajstić information content (AvgIpc) is 3.27. The highest BCUT2D eigenvalue weighted by atomic mass is 35.5. The van der Waals surface area contributed by atoms with Crippen molar-refractivity contribution in [3.63, 3.8) is 0 Å². The van der Waals surface area contributed by atoms with Crippen LogP contribution in [0.5, 0.6) is 0 Å². The van der Waals surface area contributed by atoms with Gasteiger partial charge in [-0.15, -0.1) is 0 Å². The van der Waals surface area contributed by atoms with Crippen molar-refractivity contribution in [2.75, 3.05) is 24.5 Å². The van der Waals surface area contributed by atoms with E-state index in [4.69, 9.17) is 23.2 Å². The van der Waals surface area contributed by atoms with Gasteiger partial charge in [0.1, 0.15) is 5.92 Å². The van der Waals surface area contributed by atoms with Crippen LogP contribution in [0.25, 0.3) is 0 Å². The fourth-order valence-corrected chi connectivity index (χ4v) is 4.82. The number of carbonyl (C=O) groups excluding carboxylic acids is 1. The Bertz CT molecular complexity index is 1340. The molecule has 1 aliphatic heterocycles. The molecule has 6 nitrogen and oxygen atoms in total. The molecule has 1 aliphatic rings. The Morgan fingerprint density at radius 2 is 1.86 bits per heavy atom. The highest BCUT2D eigenvalue weighted by molar-refractivity contribution is 6.42. The molecule has 37 heavy (non-hydrogen) atoms. The molecule has 3 aromatic rings. The SMILES string of the molecule is CCN(CCNC(=O)C1C(C)=Nc2cc(C(F)(F)F)nn2C1c1ccc(Cl)c(Cl)c1)c1cccc(C)c1. The maximum atomic E-state index is 13.5. The molecule has 1 aromatic heterocycles. The summed E-state index contributed by atoms with van der Waals surface area (Å²) in [6.07, 6.45) is -4.66. The number of rotatable bonds is 7. The van der Waals surface area contributed by atoms with E-state index in [1.54, 1.807) is 25.1 Å². The summed E-state index contributed by atoms with van der Waals surface area (Å²) in [5.74, 6) is -1.26. The zero-order valence-corrected chi connectivity index (χ0v) is 22.0. The highest BCUT2D eigenvalue weighted by Crippen LogP contribution is 2.41. The normalized spacial score (nSPS) is 17.2. The minimum Gasteiger partial charge on any atom is -0.370 e. The monoisotopic (exact) mass is 551 g/mol. The molecule has 0 saturated heterocycles. The Hall–Kier alpha value is -3.04. The number of benzene rings is 2. The van der Waals surface area contributed by atoms with Crippen LogP contribution in [0, 0.1) is 12.8 Å². The van der Waals surface area contributed by atoms with Crippen LogP contribution < -0.4 is 10.2 Å². The van der Waals surface area contributed by atoms with Crippen LogP contribution in [0.3, 0.4) is 0 Å². The molecule has 196 valence electrons. The largest absolute Gasteiger partial charge is 0.435 e. The van der Waals surface area contributed by atoms with Gasteiger partial charge in [-0.25, -0.2) is 9.67 Å². The highest BCUT2D eigenvalue weighted by Gasteiger charge is 2.42. The molecule has 0 bridgehead atoms. The molecule has 2 heterocycles. The number of nitrogens with one attached hydrogen (secondary N) is 1. The summed E-state index contributed by atoms with van der Waals surface area (Å²) in [5.41, 5.74) is 1.97. The van der Waals surface area contributed by atoms with E-state index in [1.807, 2.05) is 32.0 Å². The second-order valence-electron chi connectivity index (χ2n) is 8.89. The summed E-state index contributed by atoms with van der Waals surface area (Å²) in [7, 11) is 0. The molecule has 2 aromatic carbocycles. The Balaban J connectivity index is 1.62. The lowest BCUT2D eigenvalue weighted by molar-refractivity contribution is -0.141. The standard InChI is InChI=1S/C26H26Cl2F3N5O/c1-4-35(18-7-5-6-15(2)12-18)11-10-32-25(37)23-16(3)33-22-14-21(26(29,30)31)34-36(22)24(23)17-8-9-19(27)20(28)13-17/h5-9,12-14,23-24H,4,10-11H2,1-3H3,(H,32,37). The van der Waals surface area contributed by atoms with Crippen molar-refractivity contribution in [3.05, 3.63) is 75.4 Å². The predicted molar refractivity (Wildman–Crippen MR) is 140 cm³/mol. The number of fused-ring (bicyclic) bond motifs is 1. The second kappa shape index (κ2) is 10.8. The number of halogens is 5.